The maximum absolute atomic E-state index is 12.8. The smallest absolute Gasteiger partial charge is 0.240 e. The van der Waals surface area contributed by atoms with Crippen molar-refractivity contribution in [3.05, 3.63) is 64.7 Å². The van der Waals surface area contributed by atoms with Crippen LogP contribution in [0.3, 0.4) is 0 Å². The highest BCUT2D eigenvalue weighted by Gasteiger charge is 2.56. The molecule has 1 aliphatic rings. The lowest BCUT2D eigenvalue weighted by Crippen LogP contribution is -2.40. The third kappa shape index (κ3) is 3.79. The summed E-state index contributed by atoms with van der Waals surface area (Å²) in [5.41, 5.74) is 4.31. The second-order valence-electron chi connectivity index (χ2n) is 7.30. The number of hydrogen-bond acceptors (Lipinski definition) is 2. The van der Waals surface area contributed by atoms with Gasteiger partial charge in [0.1, 0.15) is 5.41 Å². The first-order chi connectivity index (χ1) is 12.4. The van der Waals surface area contributed by atoms with E-state index >= 15 is 0 Å². The van der Waals surface area contributed by atoms with Gasteiger partial charge >= 0.3 is 0 Å². The van der Waals surface area contributed by atoms with Crippen molar-refractivity contribution >= 4 is 17.5 Å². The lowest BCUT2D eigenvalue weighted by molar-refractivity contribution is -0.134. The van der Waals surface area contributed by atoms with Crippen molar-refractivity contribution in [2.75, 3.05) is 11.9 Å². The lowest BCUT2D eigenvalue weighted by Gasteiger charge is -2.18. The van der Waals surface area contributed by atoms with Crippen molar-refractivity contribution in [2.24, 2.45) is 5.41 Å². The van der Waals surface area contributed by atoms with E-state index in [1.165, 1.54) is 5.56 Å². The second-order valence-corrected chi connectivity index (χ2v) is 7.30. The number of aryl methyl sites for hydroxylation is 3. The molecule has 4 heteroatoms. The minimum atomic E-state index is -0.902. The fourth-order valence-corrected chi connectivity index (χ4v) is 3.43. The number of amides is 2. The normalized spacial score (nSPS) is 14.6. The molecule has 0 atom stereocenters. The first-order valence-corrected chi connectivity index (χ1v) is 9.14. The van der Waals surface area contributed by atoms with Crippen LogP contribution in [-0.2, 0) is 16.0 Å². The molecule has 4 nitrogen and oxygen atoms in total. The molecule has 0 heterocycles. The zero-order valence-corrected chi connectivity index (χ0v) is 15.7. The SMILES string of the molecule is Cc1cc(C)c(NC(=O)C2(C(=O)NCCc3ccccc3)CC2)c(C)c1. The number of carbonyl (C=O) groups is 2. The molecular weight excluding hydrogens is 324 g/mol. The van der Waals surface area contributed by atoms with E-state index < -0.39 is 5.41 Å². The topological polar surface area (TPSA) is 58.2 Å². The summed E-state index contributed by atoms with van der Waals surface area (Å²) >= 11 is 0. The molecule has 26 heavy (non-hydrogen) atoms. The summed E-state index contributed by atoms with van der Waals surface area (Å²) < 4.78 is 0. The number of carbonyl (C=O) groups excluding carboxylic acids is 2. The van der Waals surface area contributed by atoms with Crippen molar-refractivity contribution in [2.45, 2.75) is 40.0 Å². The summed E-state index contributed by atoms with van der Waals surface area (Å²) in [5, 5.41) is 5.94. The quantitative estimate of drug-likeness (QED) is 0.781. The molecule has 2 amide bonds. The van der Waals surface area contributed by atoms with Crippen molar-refractivity contribution < 1.29 is 9.59 Å². The summed E-state index contributed by atoms with van der Waals surface area (Å²) in [5.74, 6) is -0.349. The molecule has 2 N–H and O–H groups in total. The van der Waals surface area contributed by atoms with E-state index in [4.69, 9.17) is 0 Å². The molecule has 0 aliphatic heterocycles. The van der Waals surface area contributed by atoms with Gasteiger partial charge in [-0.05, 0) is 56.7 Å². The summed E-state index contributed by atoms with van der Waals surface area (Å²) in [7, 11) is 0. The Labute approximate surface area is 155 Å². The zero-order chi connectivity index (χ0) is 18.7. The van der Waals surface area contributed by atoms with Crippen molar-refractivity contribution in [1.29, 1.82) is 0 Å². The second kappa shape index (κ2) is 7.32. The Morgan fingerprint density at radius 3 is 2.15 bits per heavy atom. The van der Waals surface area contributed by atoms with Crippen molar-refractivity contribution in [3.8, 4) is 0 Å². The number of nitrogens with one attached hydrogen (secondary N) is 2. The number of hydrogen-bond donors (Lipinski definition) is 2. The van der Waals surface area contributed by atoms with E-state index in [1.807, 2.05) is 63.2 Å². The fourth-order valence-electron chi connectivity index (χ4n) is 3.43. The number of rotatable bonds is 6. The maximum Gasteiger partial charge on any atom is 0.240 e. The van der Waals surface area contributed by atoms with E-state index in [9.17, 15) is 9.59 Å². The van der Waals surface area contributed by atoms with E-state index in [2.05, 4.69) is 10.6 Å². The Bertz CT molecular complexity index is 800. The molecule has 0 bridgehead atoms. The average molecular weight is 350 g/mol. The third-order valence-corrected chi connectivity index (χ3v) is 5.08. The minimum absolute atomic E-state index is 0.159. The highest BCUT2D eigenvalue weighted by molar-refractivity contribution is 6.13. The van der Waals surface area contributed by atoms with Gasteiger partial charge in [0.05, 0.1) is 0 Å². The maximum atomic E-state index is 12.8. The molecule has 0 spiro atoms. The van der Waals surface area contributed by atoms with E-state index in [0.717, 1.165) is 28.8 Å². The van der Waals surface area contributed by atoms with E-state index in [-0.39, 0.29) is 11.8 Å². The Morgan fingerprint density at radius 2 is 1.58 bits per heavy atom. The van der Waals surface area contributed by atoms with Crippen molar-refractivity contribution in [1.82, 2.24) is 5.32 Å². The predicted molar refractivity (Wildman–Crippen MR) is 104 cm³/mol. The van der Waals surface area contributed by atoms with Gasteiger partial charge in [0.25, 0.3) is 0 Å². The molecule has 0 aromatic heterocycles. The van der Waals surface area contributed by atoms with Crippen LogP contribution in [0.1, 0.15) is 35.1 Å². The highest BCUT2D eigenvalue weighted by atomic mass is 16.2. The Kier molecular flexibility index (Phi) is 5.12. The van der Waals surface area contributed by atoms with Gasteiger partial charge in [-0.25, -0.2) is 0 Å². The van der Waals surface area contributed by atoms with Gasteiger partial charge in [0.2, 0.25) is 11.8 Å². The Balaban J connectivity index is 1.61. The minimum Gasteiger partial charge on any atom is -0.355 e. The first kappa shape index (κ1) is 18.2. The summed E-state index contributed by atoms with van der Waals surface area (Å²) in [4.78, 5) is 25.4. The van der Waals surface area contributed by atoms with Gasteiger partial charge in [-0.3, -0.25) is 9.59 Å². The zero-order valence-electron chi connectivity index (χ0n) is 15.7. The predicted octanol–water partition coefficient (Wildman–Crippen LogP) is 3.69. The molecule has 136 valence electrons. The van der Waals surface area contributed by atoms with Gasteiger partial charge in [-0.15, -0.1) is 0 Å². The molecule has 1 aliphatic carbocycles. The fraction of sp³-hybridized carbons (Fsp3) is 0.364. The van der Waals surface area contributed by atoms with E-state index in [0.29, 0.717) is 19.4 Å². The molecule has 1 saturated carbocycles. The van der Waals surface area contributed by atoms with Gasteiger partial charge in [-0.1, -0.05) is 48.0 Å². The van der Waals surface area contributed by atoms with Gasteiger partial charge in [0.15, 0.2) is 0 Å². The van der Waals surface area contributed by atoms with Gasteiger partial charge in [0, 0.05) is 12.2 Å². The Morgan fingerprint density at radius 1 is 0.962 bits per heavy atom. The largest absolute Gasteiger partial charge is 0.355 e. The number of benzene rings is 2. The first-order valence-electron chi connectivity index (χ1n) is 9.14. The van der Waals surface area contributed by atoms with Crippen molar-refractivity contribution in [3.63, 3.8) is 0 Å². The van der Waals surface area contributed by atoms with Crippen LogP contribution in [0.4, 0.5) is 5.69 Å². The molecular formula is C22H26N2O2. The van der Waals surface area contributed by atoms with Crippen LogP contribution in [0, 0.1) is 26.2 Å². The summed E-state index contributed by atoms with van der Waals surface area (Å²) in [6.07, 6.45) is 1.99. The van der Waals surface area contributed by atoms with Crippen LogP contribution >= 0.6 is 0 Å². The third-order valence-electron chi connectivity index (χ3n) is 5.08. The molecule has 1 fully saturated rings. The van der Waals surface area contributed by atoms with Crippen LogP contribution in [0.25, 0.3) is 0 Å². The molecule has 0 saturated heterocycles. The summed E-state index contributed by atoms with van der Waals surface area (Å²) in [6.45, 7) is 6.54. The average Bonchev–Trinajstić information content (AvgIpc) is 3.41. The van der Waals surface area contributed by atoms with Crippen LogP contribution in [0.15, 0.2) is 42.5 Å². The standard InChI is InChI=1S/C22H26N2O2/c1-15-13-16(2)19(17(3)14-15)24-21(26)22(10-11-22)20(25)23-12-9-18-7-5-4-6-8-18/h4-8,13-14H,9-12H2,1-3H3,(H,23,25)(H,24,26). The highest BCUT2D eigenvalue weighted by Crippen LogP contribution is 2.47. The molecule has 2 aromatic rings. The molecule has 0 unspecified atom stereocenters. The van der Waals surface area contributed by atoms with Gasteiger partial charge in [-0.2, -0.15) is 0 Å². The monoisotopic (exact) mass is 350 g/mol. The Hall–Kier alpha value is -2.62. The van der Waals surface area contributed by atoms with Crippen LogP contribution in [0.5, 0.6) is 0 Å². The molecule has 3 rings (SSSR count). The molecule has 2 aromatic carbocycles. The van der Waals surface area contributed by atoms with Crippen LogP contribution < -0.4 is 10.6 Å². The van der Waals surface area contributed by atoms with Gasteiger partial charge < -0.3 is 10.6 Å². The lowest BCUT2D eigenvalue weighted by atomic mass is 10.0. The van der Waals surface area contributed by atoms with Crippen LogP contribution in [0.2, 0.25) is 0 Å². The van der Waals surface area contributed by atoms with E-state index in [1.54, 1.807) is 0 Å². The molecule has 0 radical (unpaired) electrons. The number of anilines is 1. The summed E-state index contributed by atoms with van der Waals surface area (Å²) in [6, 6.07) is 14.1. The van der Waals surface area contributed by atoms with Crippen LogP contribution in [-0.4, -0.2) is 18.4 Å².